The van der Waals surface area contributed by atoms with E-state index in [-0.39, 0.29) is 0 Å². The van der Waals surface area contributed by atoms with Crippen molar-refractivity contribution in [3.63, 3.8) is 0 Å². The zero-order chi connectivity index (χ0) is 12.4. The van der Waals surface area contributed by atoms with Crippen LogP contribution in [0.1, 0.15) is 0 Å². The number of hydrogen-bond donors (Lipinski definition) is 2. The van der Waals surface area contributed by atoms with Gasteiger partial charge in [0.1, 0.15) is 11.3 Å². The van der Waals surface area contributed by atoms with Gasteiger partial charge < -0.3 is 10.3 Å². The maximum Gasteiger partial charge on any atom is 0.139 e. The first kappa shape index (κ1) is 10.5. The Morgan fingerprint density at radius 3 is 3.06 bits per heavy atom. The molecule has 18 heavy (non-hydrogen) atoms. The maximum absolute atomic E-state index is 10.5. The van der Waals surface area contributed by atoms with Crippen LogP contribution >= 0.6 is 0 Å². The lowest BCUT2D eigenvalue weighted by molar-refractivity contribution is 1.32. The fourth-order valence-electron chi connectivity index (χ4n) is 1.87. The predicted octanol–water partition coefficient (Wildman–Crippen LogP) is 3.70. The Morgan fingerprint density at radius 1 is 1.22 bits per heavy atom. The van der Waals surface area contributed by atoms with E-state index in [1.54, 1.807) is 24.4 Å². The molecule has 0 unspecified atom stereocenters. The van der Waals surface area contributed by atoms with Gasteiger partial charge in [-0.15, -0.1) is 4.91 Å². The summed E-state index contributed by atoms with van der Waals surface area (Å²) in [5.41, 5.74) is 2.98. The van der Waals surface area contributed by atoms with E-state index in [9.17, 15) is 4.91 Å². The highest BCUT2D eigenvalue weighted by Gasteiger charge is 2.03. The largest absolute Gasteiger partial charge is 0.355 e. The molecule has 0 spiro atoms. The van der Waals surface area contributed by atoms with Crippen molar-refractivity contribution in [2.24, 2.45) is 5.18 Å². The molecule has 5 heteroatoms. The third-order valence-corrected chi connectivity index (χ3v) is 2.69. The van der Waals surface area contributed by atoms with Crippen molar-refractivity contribution in [2.75, 3.05) is 5.32 Å². The fraction of sp³-hybridized carbons (Fsp3) is 0. The molecule has 0 aliphatic rings. The molecule has 2 N–H and O–H groups in total. The van der Waals surface area contributed by atoms with E-state index in [1.807, 2.05) is 24.4 Å². The quantitative estimate of drug-likeness (QED) is 0.683. The van der Waals surface area contributed by atoms with Crippen LogP contribution in [0, 0.1) is 4.91 Å². The molecule has 0 aliphatic carbocycles. The van der Waals surface area contributed by atoms with Gasteiger partial charge in [-0.05, 0) is 35.5 Å². The van der Waals surface area contributed by atoms with Crippen molar-refractivity contribution < 1.29 is 0 Å². The van der Waals surface area contributed by atoms with Crippen LogP contribution in [0.4, 0.5) is 17.1 Å². The average molecular weight is 238 g/mol. The van der Waals surface area contributed by atoms with Gasteiger partial charge in [0, 0.05) is 23.5 Å². The number of benzene rings is 1. The second kappa shape index (κ2) is 4.29. The van der Waals surface area contributed by atoms with Gasteiger partial charge >= 0.3 is 0 Å². The predicted molar refractivity (Wildman–Crippen MR) is 71.3 cm³/mol. The molecule has 2 aromatic heterocycles. The number of H-pyrrole nitrogens is 1. The molecule has 0 radical (unpaired) electrons. The average Bonchev–Trinajstić information content (AvgIpc) is 2.88. The molecule has 3 rings (SSSR count). The molecule has 0 atom stereocenters. The van der Waals surface area contributed by atoms with E-state index in [0.29, 0.717) is 5.69 Å². The van der Waals surface area contributed by atoms with Gasteiger partial charge in [0.05, 0.1) is 5.69 Å². The minimum Gasteiger partial charge on any atom is -0.355 e. The highest BCUT2D eigenvalue weighted by atomic mass is 16.3. The molecule has 2 heterocycles. The molecule has 0 saturated heterocycles. The summed E-state index contributed by atoms with van der Waals surface area (Å²) in [4.78, 5) is 17.8. The van der Waals surface area contributed by atoms with Crippen LogP contribution < -0.4 is 5.32 Å². The highest BCUT2D eigenvalue weighted by molar-refractivity contribution is 5.91. The van der Waals surface area contributed by atoms with Gasteiger partial charge in [-0.3, -0.25) is 0 Å². The summed E-state index contributed by atoms with van der Waals surface area (Å²) in [6.45, 7) is 0. The van der Waals surface area contributed by atoms with Crippen molar-refractivity contribution in [3.8, 4) is 0 Å². The number of hydrogen-bond acceptors (Lipinski definition) is 4. The lowest BCUT2D eigenvalue weighted by Crippen LogP contribution is -1.91. The Bertz CT molecular complexity index is 705. The zero-order valence-electron chi connectivity index (χ0n) is 9.42. The molecule has 0 bridgehead atoms. The second-order valence-corrected chi connectivity index (χ2v) is 3.87. The van der Waals surface area contributed by atoms with Crippen molar-refractivity contribution in [2.45, 2.75) is 0 Å². The fourth-order valence-corrected chi connectivity index (χ4v) is 1.87. The number of nitroso groups, excluding NO2 is 1. The number of pyridine rings is 1. The summed E-state index contributed by atoms with van der Waals surface area (Å²) >= 11 is 0. The minimum atomic E-state index is 0.402. The van der Waals surface area contributed by atoms with Crippen LogP contribution in [0.5, 0.6) is 0 Å². The minimum absolute atomic E-state index is 0.402. The lowest BCUT2D eigenvalue weighted by atomic mass is 10.2. The third-order valence-electron chi connectivity index (χ3n) is 2.69. The number of nitrogens with zero attached hydrogens (tertiary/aromatic N) is 2. The number of nitrogens with one attached hydrogen (secondary N) is 2. The number of anilines is 2. The van der Waals surface area contributed by atoms with E-state index in [4.69, 9.17) is 0 Å². The van der Waals surface area contributed by atoms with Gasteiger partial charge in [-0.25, -0.2) is 4.98 Å². The van der Waals surface area contributed by atoms with Crippen LogP contribution in [0.15, 0.2) is 54.0 Å². The molecule has 0 aliphatic heterocycles. The Labute approximate surface area is 103 Å². The Morgan fingerprint density at radius 2 is 2.17 bits per heavy atom. The first-order chi connectivity index (χ1) is 8.86. The normalized spacial score (nSPS) is 10.4. The van der Waals surface area contributed by atoms with Gasteiger partial charge in [0.2, 0.25) is 0 Å². The molecule has 1 aromatic carbocycles. The monoisotopic (exact) mass is 238 g/mol. The highest BCUT2D eigenvalue weighted by Crippen LogP contribution is 2.26. The van der Waals surface area contributed by atoms with E-state index >= 15 is 0 Å². The van der Waals surface area contributed by atoms with E-state index in [1.165, 1.54) is 0 Å². The molecule has 0 amide bonds. The van der Waals surface area contributed by atoms with Crippen molar-refractivity contribution in [3.05, 3.63) is 53.7 Å². The number of aromatic nitrogens is 2. The molecule has 5 nitrogen and oxygen atoms in total. The second-order valence-electron chi connectivity index (χ2n) is 3.87. The first-order valence-corrected chi connectivity index (χ1v) is 5.49. The molecular weight excluding hydrogens is 228 g/mol. The Kier molecular flexibility index (Phi) is 2.49. The van der Waals surface area contributed by atoms with Crippen molar-refractivity contribution in [1.29, 1.82) is 0 Å². The van der Waals surface area contributed by atoms with Crippen LogP contribution in [-0.4, -0.2) is 9.97 Å². The van der Waals surface area contributed by atoms with Crippen LogP contribution in [-0.2, 0) is 0 Å². The zero-order valence-corrected chi connectivity index (χ0v) is 9.42. The molecule has 3 aromatic rings. The maximum atomic E-state index is 10.5. The van der Waals surface area contributed by atoms with Crippen LogP contribution in [0.25, 0.3) is 11.0 Å². The van der Waals surface area contributed by atoms with Gasteiger partial charge in [0.25, 0.3) is 0 Å². The topological polar surface area (TPSA) is 70.1 Å². The van der Waals surface area contributed by atoms with Gasteiger partial charge in [-0.2, -0.15) is 0 Å². The summed E-state index contributed by atoms with van der Waals surface area (Å²) < 4.78 is 0. The van der Waals surface area contributed by atoms with Crippen LogP contribution in [0.2, 0.25) is 0 Å². The Balaban J connectivity index is 2.00. The van der Waals surface area contributed by atoms with E-state index < -0.39 is 0 Å². The summed E-state index contributed by atoms with van der Waals surface area (Å²) in [7, 11) is 0. The molecule has 88 valence electrons. The first-order valence-electron chi connectivity index (χ1n) is 5.49. The SMILES string of the molecule is O=Nc1cccc(Nc2ccnc3[nH]ccc23)c1. The van der Waals surface area contributed by atoms with Crippen molar-refractivity contribution in [1.82, 2.24) is 9.97 Å². The van der Waals surface area contributed by atoms with E-state index in [0.717, 1.165) is 22.4 Å². The molecule has 0 saturated carbocycles. The number of rotatable bonds is 3. The summed E-state index contributed by atoms with van der Waals surface area (Å²) in [5, 5.41) is 7.17. The summed E-state index contributed by atoms with van der Waals surface area (Å²) in [6, 6.07) is 10.9. The summed E-state index contributed by atoms with van der Waals surface area (Å²) in [5.74, 6) is 0. The molecular formula is C13H10N4O. The number of aromatic amines is 1. The summed E-state index contributed by atoms with van der Waals surface area (Å²) in [6.07, 6.45) is 3.56. The standard InChI is InChI=1S/C13H10N4O/c18-17-10-3-1-2-9(8-10)16-12-5-7-15-13-11(12)4-6-14-13/h1-8H,(H2,14,15,16). The molecule has 0 fully saturated rings. The third kappa shape index (κ3) is 1.82. The number of fused-ring (bicyclic) bond motifs is 1. The van der Waals surface area contributed by atoms with Gasteiger partial charge in [0.15, 0.2) is 0 Å². The van der Waals surface area contributed by atoms with E-state index in [2.05, 4.69) is 20.5 Å². The smallest absolute Gasteiger partial charge is 0.139 e. The Hall–Kier alpha value is -2.69. The van der Waals surface area contributed by atoms with Gasteiger partial charge in [-0.1, -0.05) is 6.07 Å². The lowest BCUT2D eigenvalue weighted by Gasteiger charge is -2.07. The van der Waals surface area contributed by atoms with Crippen molar-refractivity contribution >= 4 is 28.1 Å². The van der Waals surface area contributed by atoms with Crippen LogP contribution in [0.3, 0.4) is 0 Å².